The lowest BCUT2D eigenvalue weighted by Gasteiger charge is -2.09. The van der Waals surface area contributed by atoms with Crippen LogP contribution in [0.15, 0.2) is 70.2 Å². The van der Waals surface area contributed by atoms with E-state index in [9.17, 15) is 9.59 Å². The zero-order valence-electron chi connectivity index (χ0n) is 16.8. The van der Waals surface area contributed by atoms with Gasteiger partial charge in [-0.25, -0.2) is 4.98 Å². The van der Waals surface area contributed by atoms with E-state index in [0.29, 0.717) is 17.3 Å². The smallest absolute Gasteiger partial charge is 0.217 e. The number of nitrogens with one attached hydrogen (secondary N) is 1. The van der Waals surface area contributed by atoms with E-state index in [1.807, 2.05) is 36.4 Å². The van der Waals surface area contributed by atoms with E-state index in [2.05, 4.69) is 22.0 Å². The second-order valence-electron chi connectivity index (χ2n) is 6.99. The number of aromatic nitrogens is 2. The Morgan fingerprint density at radius 1 is 1.13 bits per heavy atom. The molecule has 0 radical (unpaired) electrons. The molecule has 4 rings (SSSR count). The van der Waals surface area contributed by atoms with Gasteiger partial charge in [-0.05, 0) is 35.9 Å². The van der Waals surface area contributed by atoms with Crippen LogP contribution in [0, 0.1) is 0 Å². The van der Waals surface area contributed by atoms with Crippen LogP contribution in [0.3, 0.4) is 0 Å². The van der Waals surface area contributed by atoms with Crippen LogP contribution in [-0.2, 0) is 17.9 Å². The van der Waals surface area contributed by atoms with Gasteiger partial charge in [-0.15, -0.1) is 0 Å². The van der Waals surface area contributed by atoms with E-state index in [1.54, 1.807) is 12.1 Å². The third-order valence-electron chi connectivity index (χ3n) is 4.64. The highest BCUT2D eigenvalue weighted by Gasteiger charge is 2.17. The summed E-state index contributed by atoms with van der Waals surface area (Å²) in [5.41, 5.74) is 2.88. The average molecular weight is 454 g/mol. The SMILES string of the molecule is CC(=O)NCc1ccc(C(=O)CSc2nc3cc(Cl)ccc3n2Cc2ccccc2)o1. The molecule has 0 spiro atoms. The molecule has 4 aromatic rings. The van der Waals surface area contributed by atoms with E-state index >= 15 is 0 Å². The third-order valence-corrected chi connectivity index (χ3v) is 5.85. The Balaban J connectivity index is 1.53. The molecule has 0 aliphatic rings. The van der Waals surface area contributed by atoms with Crippen LogP contribution in [0.25, 0.3) is 11.0 Å². The van der Waals surface area contributed by atoms with Crippen molar-refractivity contribution in [1.29, 1.82) is 0 Å². The molecule has 0 aliphatic heterocycles. The number of hydrogen-bond donors (Lipinski definition) is 1. The zero-order valence-corrected chi connectivity index (χ0v) is 18.4. The van der Waals surface area contributed by atoms with Crippen molar-refractivity contribution in [2.24, 2.45) is 0 Å². The fraction of sp³-hybridized carbons (Fsp3) is 0.174. The molecule has 2 heterocycles. The minimum atomic E-state index is -0.155. The highest BCUT2D eigenvalue weighted by molar-refractivity contribution is 7.99. The Morgan fingerprint density at radius 2 is 1.94 bits per heavy atom. The zero-order chi connectivity index (χ0) is 21.8. The molecule has 158 valence electrons. The first-order valence-electron chi connectivity index (χ1n) is 9.68. The molecule has 0 fully saturated rings. The molecule has 6 nitrogen and oxygen atoms in total. The lowest BCUT2D eigenvalue weighted by Crippen LogP contribution is -2.18. The molecular weight excluding hydrogens is 434 g/mol. The van der Waals surface area contributed by atoms with Crippen LogP contribution in [0.4, 0.5) is 0 Å². The van der Waals surface area contributed by atoms with Crippen molar-refractivity contribution in [3.8, 4) is 0 Å². The monoisotopic (exact) mass is 453 g/mol. The van der Waals surface area contributed by atoms with Crippen molar-refractivity contribution in [3.05, 3.63) is 82.8 Å². The van der Waals surface area contributed by atoms with Gasteiger partial charge in [-0.2, -0.15) is 0 Å². The van der Waals surface area contributed by atoms with Crippen molar-refractivity contribution in [1.82, 2.24) is 14.9 Å². The summed E-state index contributed by atoms with van der Waals surface area (Å²) in [4.78, 5) is 28.4. The molecule has 0 bridgehead atoms. The number of carbonyl (C=O) groups excluding carboxylic acids is 2. The Labute approximate surface area is 188 Å². The summed E-state index contributed by atoms with van der Waals surface area (Å²) in [6, 6.07) is 19.0. The minimum Gasteiger partial charge on any atom is -0.456 e. The lowest BCUT2D eigenvalue weighted by atomic mass is 10.2. The summed E-state index contributed by atoms with van der Waals surface area (Å²) in [5.74, 6) is 0.683. The first kappa shape index (κ1) is 21.2. The molecule has 31 heavy (non-hydrogen) atoms. The maximum Gasteiger partial charge on any atom is 0.217 e. The summed E-state index contributed by atoms with van der Waals surface area (Å²) < 4.78 is 7.65. The summed E-state index contributed by atoms with van der Waals surface area (Å²) in [6.07, 6.45) is 0. The highest BCUT2D eigenvalue weighted by Crippen LogP contribution is 2.28. The number of Topliss-reactive ketones (excluding diaryl/α,β-unsaturated/α-hetero) is 1. The first-order valence-corrected chi connectivity index (χ1v) is 11.0. The number of hydrogen-bond acceptors (Lipinski definition) is 5. The molecule has 2 aromatic carbocycles. The number of benzene rings is 2. The van der Waals surface area contributed by atoms with Crippen molar-refractivity contribution >= 4 is 46.1 Å². The molecule has 0 saturated carbocycles. The van der Waals surface area contributed by atoms with E-state index in [0.717, 1.165) is 21.8 Å². The summed E-state index contributed by atoms with van der Waals surface area (Å²) in [6.45, 7) is 2.32. The fourth-order valence-corrected chi connectivity index (χ4v) is 4.20. The molecule has 2 aromatic heterocycles. The second-order valence-corrected chi connectivity index (χ2v) is 8.37. The standard InChI is InChI=1S/C23H20ClN3O3S/c1-15(28)25-12-18-8-10-22(30-18)21(29)14-31-23-26-19-11-17(24)7-9-20(19)27(23)13-16-5-3-2-4-6-16/h2-11H,12-14H2,1H3,(H,25,28). The van der Waals surface area contributed by atoms with Crippen molar-refractivity contribution in [3.63, 3.8) is 0 Å². The van der Waals surface area contributed by atoms with Gasteiger partial charge in [0.2, 0.25) is 11.7 Å². The molecule has 0 atom stereocenters. The molecule has 1 amide bonds. The predicted molar refractivity (Wildman–Crippen MR) is 122 cm³/mol. The van der Waals surface area contributed by atoms with Crippen LogP contribution in [0.2, 0.25) is 5.02 Å². The molecule has 0 saturated heterocycles. The fourth-order valence-electron chi connectivity index (χ4n) is 3.15. The number of furan rings is 1. The number of carbonyl (C=O) groups is 2. The number of imidazole rings is 1. The number of ketones is 1. The van der Waals surface area contributed by atoms with Crippen LogP contribution < -0.4 is 5.32 Å². The van der Waals surface area contributed by atoms with Gasteiger partial charge >= 0.3 is 0 Å². The van der Waals surface area contributed by atoms with Crippen molar-refractivity contribution < 1.29 is 14.0 Å². The molecular formula is C23H20ClN3O3S. The lowest BCUT2D eigenvalue weighted by molar-refractivity contribution is -0.119. The van der Waals surface area contributed by atoms with Gasteiger partial charge in [0.05, 0.1) is 29.9 Å². The quantitative estimate of drug-likeness (QED) is 0.302. The largest absolute Gasteiger partial charge is 0.456 e. The van der Waals surface area contributed by atoms with Crippen LogP contribution in [0.5, 0.6) is 0 Å². The molecule has 0 aliphatic carbocycles. The van der Waals surface area contributed by atoms with Gasteiger partial charge in [-0.3, -0.25) is 9.59 Å². The Kier molecular flexibility index (Phi) is 6.44. The summed E-state index contributed by atoms with van der Waals surface area (Å²) >= 11 is 7.50. The van der Waals surface area contributed by atoms with Gasteiger partial charge in [0.25, 0.3) is 0 Å². The van der Waals surface area contributed by atoms with Gasteiger partial charge in [-0.1, -0.05) is 53.7 Å². The normalized spacial score (nSPS) is 11.0. The molecule has 0 unspecified atom stereocenters. The average Bonchev–Trinajstić information content (AvgIpc) is 3.36. The number of nitrogens with zero attached hydrogens (tertiary/aromatic N) is 2. The first-order chi connectivity index (χ1) is 15.0. The van der Waals surface area contributed by atoms with E-state index in [1.165, 1.54) is 18.7 Å². The van der Waals surface area contributed by atoms with Gasteiger partial charge < -0.3 is 14.3 Å². The molecule has 8 heteroatoms. The topological polar surface area (TPSA) is 77.1 Å². The van der Waals surface area contributed by atoms with E-state index in [-0.39, 0.29) is 29.7 Å². The number of halogens is 1. The Bertz CT molecular complexity index is 1230. The van der Waals surface area contributed by atoms with Crippen LogP contribution in [0.1, 0.15) is 28.8 Å². The summed E-state index contributed by atoms with van der Waals surface area (Å²) in [5, 5.41) is 4.00. The van der Waals surface area contributed by atoms with Gasteiger partial charge in [0.1, 0.15) is 5.76 Å². The van der Waals surface area contributed by atoms with Crippen LogP contribution >= 0.6 is 23.4 Å². The Morgan fingerprint density at radius 3 is 2.71 bits per heavy atom. The summed E-state index contributed by atoms with van der Waals surface area (Å²) in [7, 11) is 0. The van der Waals surface area contributed by atoms with Crippen molar-refractivity contribution in [2.45, 2.75) is 25.2 Å². The van der Waals surface area contributed by atoms with Gasteiger partial charge in [0.15, 0.2) is 10.9 Å². The predicted octanol–water partition coefficient (Wildman–Crippen LogP) is 4.94. The van der Waals surface area contributed by atoms with E-state index < -0.39 is 0 Å². The molecule has 1 N–H and O–H groups in total. The number of amides is 1. The second kappa shape index (κ2) is 9.41. The maximum atomic E-state index is 12.6. The van der Waals surface area contributed by atoms with E-state index in [4.69, 9.17) is 21.0 Å². The number of rotatable bonds is 8. The Hall–Kier alpha value is -3.03. The van der Waals surface area contributed by atoms with Crippen molar-refractivity contribution in [2.75, 3.05) is 5.75 Å². The number of thioether (sulfide) groups is 1. The number of fused-ring (bicyclic) bond motifs is 1. The highest BCUT2D eigenvalue weighted by atomic mass is 35.5. The maximum absolute atomic E-state index is 12.6. The van der Waals surface area contributed by atoms with Gasteiger partial charge in [0, 0.05) is 11.9 Å². The van der Waals surface area contributed by atoms with Crippen LogP contribution in [-0.4, -0.2) is 27.0 Å². The minimum absolute atomic E-state index is 0.143. The third kappa shape index (κ3) is 5.18.